The standard InChI is InChI=1S/C18H26N2O3/c1-13-7-8-16(14(2)10-13)19-17(21)12-20-9-5-4-6-15(20)11-18(22)23-3/h7-8,10,15H,4-6,9,11-12H2,1-3H3,(H,19,21). The number of carbonyl (C=O) groups is 2. The van der Waals surface area contributed by atoms with E-state index in [1.54, 1.807) is 0 Å². The molecule has 0 radical (unpaired) electrons. The molecule has 0 saturated carbocycles. The van der Waals surface area contributed by atoms with Crippen LogP contribution in [0.1, 0.15) is 36.8 Å². The molecule has 1 amide bonds. The second-order valence-corrected chi connectivity index (χ2v) is 6.27. The molecule has 1 fully saturated rings. The number of nitrogens with zero attached hydrogens (tertiary/aromatic N) is 1. The molecule has 0 aliphatic carbocycles. The van der Waals surface area contributed by atoms with Crippen molar-refractivity contribution in [3.05, 3.63) is 29.3 Å². The molecular weight excluding hydrogens is 292 g/mol. The van der Waals surface area contributed by atoms with E-state index in [1.807, 2.05) is 26.0 Å². The quantitative estimate of drug-likeness (QED) is 0.848. The summed E-state index contributed by atoms with van der Waals surface area (Å²) in [7, 11) is 1.41. The molecule has 0 spiro atoms. The molecule has 5 nitrogen and oxygen atoms in total. The number of rotatable bonds is 5. The summed E-state index contributed by atoms with van der Waals surface area (Å²) in [6.07, 6.45) is 3.45. The molecule has 1 atom stereocenters. The molecule has 2 rings (SSSR count). The predicted molar refractivity (Wildman–Crippen MR) is 90.4 cm³/mol. The zero-order valence-electron chi connectivity index (χ0n) is 14.2. The molecule has 1 aliphatic heterocycles. The first kappa shape index (κ1) is 17.5. The molecule has 5 heteroatoms. The summed E-state index contributed by atoms with van der Waals surface area (Å²) in [4.78, 5) is 26.0. The van der Waals surface area contributed by atoms with Gasteiger partial charge in [0, 0.05) is 11.7 Å². The third-order valence-electron chi connectivity index (χ3n) is 4.38. The van der Waals surface area contributed by atoms with Gasteiger partial charge in [0.05, 0.1) is 20.1 Å². The topological polar surface area (TPSA) is 58.6 Å². The molecule has 1 unspecified atom stereocenters. The number of anilines is 1. The highest BCUT2D eigenvalue weighted by molar-refractivity contribution is 5.93. The third-order valence-corrected chi connectivity index (χ3v) is 4.38. The van der Waals surface area contributed by atoms with Crippen LogP contribution in [0.15, 0.2) is 18.2 Å². The summed E-state index contributed by atoms with van der Waals surface area (Å²) in [5, 5.41) is 2.98. The fourth-order valence-corrected chi connectivity index (χ4v) is 3.10. The number of methoxy groups -OCH3 is 1. The van der Waals surface area contributed by atoms with Crippen molar-refractivity contribution in [2.45, 2.75) is 45.6 Å². The van der Waals surface area contributed by atoms with Crippen molar-refractivity contribution in [3.8, 4) is 0 Å². The van der Waals surface area contributed by atoms with E-state index < -0.39 is 0 Å². The van der Waals surface area contributed by atoms with Gasteiger partial charge >= 0.3 is 5.97 Å². The monoisotopic (exact) mass is 318 g/mol. The van der Waals surface area contributed by atoms with Crippen molar-refractivity contribution in [2.24, 2.45) is 0 Å². The molecule has 0 bridgehead atoms. The molecular formula is C18H26N2O3. The maximum absolute atomic E-state index is 12.3. The molecule has 23 heavy (non-hydrogen) atoms. The van der Waals surface area contributed by atoms with Gasteiger partial charge < -0.3 is 10.1 Å². The summed E-state index contributed by atoms with van der Waals surface area (Å²) in [5.41, 5.74) is 3.08. The van der Waals surface area contributed by atoms with Crippen molar-refractivity contribution < 1.29 is 14.3 Å². The van der Waals surface area contributed by atoms with Gasteiger partial charge in [-0.2, -0.15) is 0 Å². The van der Waals surface area contributed by atoms with Crippen molar-refractivity contribution >= 4 is 17.6 Å². The predicted octanol–water partition coefficient (Wildman–Crippen LogP) is 2.66. The van der Waals surface area contributed by atoms with E-state index in [2.05, 4.69) is 16.3 Å². The normalized spacial score (nSPS) is 18.5. The summed E-state index contributed by atoms with van der Waals surface area (Å²) in [6.45, 7) is 5.18. The Morgan fingerprint density at radius 1 is 1.30 bits per heavy atom. The average molecular weight is 318 g/mol. The lowest BCUT2D eigenvalue weighted by Crippen LogP contribution is -2.45. The van der Waals surface area contributed by atoms with Crippen LogP contribution in [-0.2, 0) is 14.3 Å². The number of likely N-dealkylation sites (tertiary alicyclic amines) is 1. The van der Waals surface area contributed by atoms with Crippen LogP contribution in [0.5, 0.6) is 0 Å². The Kier molecular flexibility index (Phi) is 6.16. The molecule has 1 N–H and O–H groups in total. The fraction of sp³-hybridized carbons (Fsp3) is 0.556. The van der Waals surface area contributed by atoms with Crippen LogP contribution in [0.25, 0.3) is 0 Å². The first-order valence-electron chi connectivity index (χ1n) is 8.17. The zero-order chi connectivity index (χ0) is 16.8. The second kappa shape index (κ2) is 8.11. The summed E-state index contributed by atoms with van der Waals surface area (Å²) >= 11 is 0. The number of nitrogens with one attached hydrogen (secondary N) is 1. The Bertz CT molecular complexity index is 571. The Morgan fingerprint density at radius 2 is 2.09 bits per heavy atom. The summed E-state index contributed by atoms with van der Waals surface area (Å²) in [6, 6.07) is 6.08. The molecule has 1 aliphatic rings. The van der Waals surface area contributed by atoms with Gasteiger partial charge in [0.15, 0.2) is 0 Å². The number of esters is 1. The van der Waals surface area contributed by atoms with Crippen LogP contribution >= 0.6 is 0 Å². The average Bonchev–Trinajstić information content (AvgIpc) is 2.52. The van der Waals surface area contributed by atoms with Crippen molar-refractivity contribution in [3.63, 3.8) is 0 Å². The van der Waals surface area contributed by atoms with E-state index in [1.165, 1.54) is 12.7 Å². The molecule has 1 heterocycles. The van der Waals surface area contributed by atoms with Gasteiger partial charge in [-0.3, -0.25) is 14.5 Å². The Balaban J connectivity index is 1.95. The van der Waals surface area contributed by atoms with E-state index in [9.17, 15) is 9.59 Å². The van der Waals surface area contributed by atoms with Crippen LogP contribution < -0.4 is 5.32 Å². The van der Waals surface area contributed by atoms with E-state index in [0.717, 1.165) is 37.1 Å². The summed E-state index contributed by atoms with van der Waals surface area (Å²) in [5.74, 6) is -0.245. The van der Waals surface area contributed by atoms with Gasteiger partial charge in [0.2, 0.25) is 5.91 Å². The molecule has 126 valence electrons. The van der Waals surface area contributed by atoms with Crippen LogP contribution in [0.4, 0.5) is 5.69 Å². The Hall–Kier alpha value is -1.88. The van der Waals surface area contributed by atoms with Crippen molar-refractivity contribution in [2.75, 3.05) is 25.5 Å². The molecule has 1 aromatic rings. The molecule has 0 aromatic heterocycles. The Morgan fingerprint density at radius 3 is 2.78 bits per heavy atom. The highest BCUT2D eigenvalue weighted by atomic mass is 16.5. The lowest BCUT2D eigenvalue weighted by atomic mass is 9.99. The number of aryl methyl sites for hydroxylation is 2. The number of piperidine rings is 1. The van der Waals surface area contributed by atoms with Gasteiger partial charge in [-0.05, 0) is 44.9 Å². The van der Waals surface area contributed by atoms with E-state index in [0.29, 0.717) is 13.0 Å². The number of hydrogen-bond donors (Lipinski definition) is 1. The minimum atomic E-state index is -0.211. The lowest BCUT2D eigenvalue weighted by molar-refractivity contribution is -0.142. The number of ether oxygens (including phenoxy) is 1. The van der Waals surface area contributed by atoms with Crippen LogP contribution in [0, 0.1) is 13.8 Å². The maximum atomic E-state index is 12.3. The SMILES string of the molecule is COC(=O)CC1CCCCN1CC(=O)Nc1ccc(C)cc1C. The van der Waals surface area contributed by atoms with Gasteiger partial charge in [0.1, 0.15) is 0 Å². The Labute approximate surface area is 138 Å². The number of carbonyl (C=O) groups excluding carboxylic acids is 2. The lowest BCUT2D eigenvalue weighted by Gasteiger charge is -2.34. The minimum Gasteiger partial charge on any atom is -0.469 e. The van der Waals surface area contributed by atoms with E-state index in [-0.39, 0.29) is 17.9 Å². The van der Waals surface area contributed by atoms with Crippen LogP contribution in [0.3, 0.4) is 0 Å². The van der Waals surface area contributed by atoms with E-state index in [4.69, 9.17) is 4.74 Å². The van der Waals surface area contributed by atoms with Crippen LogP contribution in [0.2, 0.25) is 0 Å². The third kappa shape index (κ3) is 5.06. The second-order valence-electron chi connectivity index (χ2n) is 6.27. The smallest absolute Gasteiger partial charge is 0.307 e. The highest BCUT2D eigenvalue weighted by Crippen LogP contribution is 2.21. The maximum Gasteiger partial charge on any atom is 0.307 e. The number of benzene rings is 1. The minimum absolute atomic E-state index is 0.0336. The van der Waals surface area contributed by atoms with Gasteiger partial charge in [-0.1, -0.05) is 24.1 Å². The summed E-state index contributed by atoms with van der Waals surface area (Å²) < 4.78 is 4.76. The van der Waals surface area contributed by atoms with Gasteiger partial charge in [0.25, 0.3) is 0 Å². The highest BCUT2D eigenvalue weighted by Gasteiger charge is 2.26. The number of amides is 1. The van der Waals surface area contributed by atoms with Gasteiger partial charge in [-0.25, -0.2) is 0 Å². The van der Waals surface area contributed by atoms with E-state index >= 15 is 0 Å². The number of hydrogen-bond acceptors (Lipinski definition) is 4. The molecule has 1 aromatic carbocycles. The first-order valence-corrected chi connectivity index (χ1v) is 8.17. The van der Waals surface area contributed by atoms with Crippen molar-refractivity contribution in [1.29, 1.82) is 0 Å². The largest absolute Gasteiger partial charge is 0.469 e. The van der Waals surface area contributed by atoms with Crippen LogP contribution in [-0.4, -0.2) is 43.0 Å². The molecule has 1 saturated heterocycles. The fourth-order valence-electron chi connectivity index (χ4n) is 3.10. The van der Waals surface area contributed by atoms with Crippen molar-refractivity contribution in [1.82, 2.24) is 4.90 Å². The first-order chi connectivity index (χ1) is 11.0. The van der Waals surface area contributed by atoms with Gasteiger partial charge in [-0.15, -0.1) is 0 Å². The zero-order valence-corrected chi connectivity index (χ0v) is 14.2.